The molecule has 0 aliphatic carbocycles. The number of methoxy groups -OCH3 is 2. The summed E-state index contributed by atoms with van der Waals surface area (Å²) in [6.07, 6.45) is 1.65. The lowest BCUT2D eigenvalue weighted by molar-refractivity contribution is -0.497. The van der Waals surface area contributed by atoms with Crippen molar-refractivity contribution in [2.45, 2.75) is 25.8 Å². The lowest BCUT2D eigenvalue weighted by atomic mass is 10.2. The summed E-state index contributed by atoms with van der Waals surface area (Å²) < 4.78 is 9.61. The molecule has 1 N–H and O–H groups in total. The molecule has 1 aromatic carbocycles. The molecule has 0 saturated carbocycles. The molecular formula is C15H21N3O4. The van der Waals surface area contributed by atoms with Crippen LogP contribution in [0.4, 0.5) is 5.69 Å². The minimum Gasteiger partial charge on any atom is -0.507 e. The third kappa shape index (κ3) is 4.28. The van der Waals surface area contributed by atoms with Crippen LogP contribution in [0, 0.1) is 0 Å². The van der Waals surface area contributed by atoms with Crippen molar-refractivity contribution < 1.29 is 24.2 Å². The standard InChI is InChI=1S/C15H21N3O4/c1-4-5-10-18(11-6-8-12(21-2)9-7-11)14(19)13(17-16)15(20)22-3/h6-9,13,17H,4-5,10H2,1-3H3. The number of nitrogens with one attached hydrogen (secondary N) is 1. The topological polar surface area (TPSA) is 92.1 Å². The Bertz CT molecular complexity index is 516. The number of rotatable bonds is 8. The van der Waals surface area contributed by atoms with Crippen molar-refractivity contribution in [2.24, 2.45) is 0 Å². The Morgan fingerprint density at radius 2 is 1.91 bits per heavy atom. The van der Waals surface area contributed by atoms with E-state index in [2.05, 4.69) is 4.74 Å². The van der Waals surface area contributed by atoms with Gasteiger partial charge in [0.15, 0.2) is 0 Å². The highest BCUT2D eigenvalue weighted by Crippen LogP contribution is 2.20. The molecule has 0 bridgehead atoms. The van der Waals surface area contributed by atoms with Gasteiger partial charge in [-0.25, -0.2) is 4.79 Å². The number of nitrogens with zero attached hydrogens (tertiary/aromatic N) is 2. The van der Waals surface area contributed by atoms with Crippen LogP contribution in [0.2, 0.25) is 0 Å². The zero-order chi connectivity index (χ0) is 16.5. The molecule has 0 aromatic heterocycles. The molecule has 0 heterocycles. The Labute approximate surface area is 129 Å². The predicted octanol–water partition coefficient (Wildman–Crippen LogP) is 0.472. The van der Waals surface area contributed by atoms with Gasteiger partial charge in [0.2, 0.25) is 0 Å². The third-order valence-corrected chi connectivity index (χ3v) is 3.20. The predicted molar refractivity (Wildman–Crippen MR) is 80.4 cm³/mol. The van der Waals surface area contributed by atoms with Crippen LogP contribution in [0.3, 0.4) is 0 Å². The van der Waals surface area contributed by atoms with Gasteiger partial charge in [0, 0.05) is 12.2 Å². The van der Waals surface area contributed by atoms with Crippen molar-refractivity contribution in [1.29, 1.82) is 0 Å². The number of carbonyl (C=O) groups is 2. The molecule has 1 rings (SSSR count). The van der Waals surface area contributed by atoms with E-state index in [-0.39, 0.29) is 0 Å². The van der Waals surface area contributed by atoms with Crippen LogP contribution < -0.4 is 14.8 Å². The minimum atomic E-state index is -1.45. The Balaban J connectivity index is 3.06. The van der Waals surface area contributed by atoms with Crippen LogP contribution in [0.5, 0.6) is 5.75 Å². The number of esters is 1. The van der Waals surface area contributed by atoms with Crippen LogP contribution in [0.15, 0.2) is 24.3 Å². The second kappa shape index (κ2) is 8.76. The van der Waals surface area contributed by atoms with E-state index < -0.39 is 17.9 Å². The fourth-order valence-corrected chi connectivity index (χ4v) is 1.93. The lowest BCUT2D eigenvalue weighted by Gasteiger charge is -2.23. The van der Waals surface area contributed by atoms with Crippen LogP contribution >= 0.6 is 0 Å². The Hall–Kier alpha value is -2.44. The molecule has 0 aliphatic rings. The Morgan fingerprint density at radius 1 is 1.27 bits per heavy atom. The summed E-state index contributed by atoms with van der Waals surface area (Å²) in [6, 6.07) is 5.43. The second-order valence-electron chi connectivity index (χ2n) is 4.63. The summed E-state index contributed by atoms with van der Waals surface area (Å²) in [5.74, 6) is -0.757. The van der Waals surface area contributed by atoms with E-state index in [1.54, 1.807) is 36.5 Å². The van der Waals surface area contributed by atoms with Crippen molar-refractivity contribution in [3.63, 3.8) is 0 Å². The molecule has 0 saturated heterocycles. The average molecular weight is 307 g/mol. The molecule has 1 amide bonds. The number of amides is 1. The van der Waals surface area contributed by atoms with Crippen molar-refractivity contribution in [2.75, 3.05) is 25.7 Å². The molecule has 0 aliphatic heterocycles. The summed E-state index contributed by atoms with van der Waals surface area (Å²) in [5, 5.41) is 1.71. The number of carbonyl (C=O) groups excluding carboxylic acids is 2. The zero-order valence-electron chi connectivity index (χ0n) is 13.0. The maximum Gasteiger partial charge on any atom is 0.384 e. The van der Waals surface area contributed by atoms with Gasteiger partial charge in [-0.3, -0.25) is 4.79 Å². The van der Waals surface area contributed by atoms with E-state index in [0.29, 0.717) is 18.0 Å². The van der Waals surface area contributed by atoms with E-state index in [4.69, 9.17) is 10.3 Å². The van der Waals surface area contributed by atoms with Gasteiger partial charge in [0.05, 0.1) is 14.2 Å². The first kappa shape index (κ1) is 17.6. The molecule has 0 spiro atoms. The summed E-state index contributed by atoms with van der Waals surface area (Å²) in [6.45, 7) is 2.43. The third-order valence-electron chi connectivity index (χ3n) is 3.20. The second-order valence-corrected chi connectivity index (χ2v) is 4.63. The Kier molecular flexibility index (Phi) is 7.01. The van der Waals surface area contributed by atoms with Crippen molar-refractivity contribution in [3.8, 4) is 5.75 Å². The number of benzene rings is 1. The average Bonchev–Trinajstić information content (AvgIpc) is 2.56. The number of hydrogen-bond acceptors (Lipinski definition) is 4. The van der Waals surface area contributed by atoms with Crippen LogP contribution in [-0.4, -0.2) is 38.7 Å². The number of unbranched alkanes of at least 4 members (excludes halogenated alkanes) is 1. The van der Waals surface area contributed by atoms with E-state index in [9.17, 15) is 9.59 Å². The van der Waals surface area contributed by atoms with Crippen LogP contribution in [-0.2, 0) is 14.3 Å². The van der Waals surface area contributed by atoms with Gasteiger partial charge in [0.1, 0.15) is 5.75 Å². The molecule has 1 aromatic rings. The first-order chi connectivity index (χ1) is 10.6. The molecule has 7 nitrogen and oxygen atoms in total. The lowest BCUT2D eigenvalue weighted by Crippen LogP contribution is -2.79. The Morgan fingerprint density at radius 3 is 2.36 bits per heavy atom. The summed E-state index contributed by atoms with van der Waals surface area (Å²) >= 11 is 0. The van der Waals surface area contributed by atoms with Gasteiger partial charge in [-0.2, -0.15) is 0 Å². The van der Waals surface area contributed by atoms with Crippen LogP contribution in [0.25, 0.3) is 5.53 Å². The van der Waals surface area contributed by atoms with Crippen LogP contribution in [0.1, 0.15) is 19.8 Å². The van der Waals surface area contributed by atoms with Gasteiger partial charge in [0.25, 0.3) is 0 Å². The molecule has 22 heavy (non-hydrogen) atoms. The molecular weight excluding hydrogens is 286 g/mol. The summed E-state index contributed by atoms with van der Waals surface area (Å²) in [4.78, 5) is 25.5. The van der Waals surface area contributed by atoms with Gasteiger partial charge in [-0.05, 0) is 30.7 Å². The maximum atomic E-state index is 12.5. The highest BCUT2D eigenvalue weighted by molar-refractivity contribution is 6.08. The van der Waals surface area contributed by atoms with Crippen molar-refractivity contribution in [1.82, 2.24) is 0 Å². The highest BCUT2D eigenvalue weighted by Gasteiger charge is 2.34. The van der Waals surface area contributed by atoms with Gasteiger partial charge in [-0.15, -0.1) is 0 Å². The fraction of sp³-hybridized carbons (Fsp3) is 0.467. The van der Waals surface area contributed by atoms with E-state index >= 15 is 0 Å². The monoisotopic (exact) mass is 307 g/mol. The molecule has 1 unspecified atom stereocenters. The van der Waals surface area contributed by atoms with E-state index in [0.717, 1.165) is 20.0 Å². The highest BCUT2D eigenvalue weighted by atomic mass is 16.5. The smallest absolute Gasteiger partial charge is 0.384 e. The van der Waals surface area contributed by atoms with Gasteiger partial charge < -0.3 is 25.0 Å². The molecule has 0 radical (unpaired) electrons. The maximum absolute atomic E-state index is 12.5. The van der Waals surface area contributed by atoms with E-state index in [1.807, 2.05) is 6.92 Å². The minimum absolute atomic E-state index is 0.427. The number of anilines is 1. The van der Waals surface area contributed by atoms with Gasteiger partial charge in [-0.1, -0.05) is 13.3 Å². The van der Waals surface area contributed by atoms with Crippen molar-refractivity contribution in [3.05, 3.63) is 29.8 Å². The fourth-order valence-electron chi connectivity index (χ4n) is 1.93. The molecule has 1 atom stereocenters. The summed E-state index contributed by atoms with van der Waals surface area (Å²) in [5.41, 5.74) is 9.70. The first-order valence-corrected chi connectivity index (χ1v) is 7.01. The number of ether oxygens (including phenoxy) is 2. The quantitative estimate of drug-likeness (QED) is 0.429. The normalized spacial score (nSPS) is 11.4. The van der Waals surface area contributed by atoms with Crippen molar-refractivity contribution >= 4 is 17.6 Å². The molecule has 7 heteroatoms. The largest absolute Gasteiger partial charge is 0.507 e. The van der Waals surface area contributed by atoms with E-state index in [1.165, 1.54) is 4.90 Å². The zero-order valence-corrected chi connectivity index (χ0v) is 13.0. The first-order valence-electron chi connectivity index (χ1n) is 7.01. The molecule has 120 valence electrons. The number of hydrogen-bond donors (Lipinski definition) is 1. The SMILES string of the molecule is CCCCN(C(=O)C([NH+]=[N-])C(=O)OC)c1ccc(OC)cc1. The molecule has 0 fully saturated rings. The summed E-state index contributed by atoms with van der Waals surface area (Å²) in [7, 11) is 2.71. The van der Waals surface area contributed by atoms with Gasteiger partial charge >= 0.3 is 17.9 Å².